The van der Waals surface area contributed by atoms with Crippen LogP contribution in [0.2, 0.25) is 0 Å². The Labute approximate surface area is 159 Å². The van der Waals surface area contributed by atoms with Crippen molar-refractivity contribution in [1.82, 2.24) is 5.32 Å². The number of benzene rings is 3. The number of hydrogen-bond acceptors (Lipinski definition) is 2. The molecular weight excluding hydrogens is 334 g/mol. The summed E-state index contributed by atoms with van der Waals surface area (Å²) >= 11 is 0. The highest BCUT2D eigenvalue weighted by Gasteiger charge is 2.28. The SMILES string of the molecule is O=C(NCC=Cc1ccccc1)OCC1c2ccccc2-c2ccccc21. The molecular formula is C24H21NO2. The molecule has 0 saturated carbocycles. The van der Waals surface area contributed by atoms with Gasteiger partial charge in [0.1, 0.15) is 6.61 Å². The van der Waals surface area contributed by atoms with Crippen LogP contribution in [-0.2, 0) is 4.74 Å². The van der Waals surface area contributed by atoms with Gasteiger partial charge in [0.2, 0.25) is 0 Å². The summed E-state index contributed by atoms with van der Waals surface area (Å²) in [6, 6.07) is 26.6. The molecule has 0 fully saturated rings. The predicted molar refractivity (Wildman–Crippen MR) is 109 cm³/mol. The van der Waals surface area contributed by atoms with Crippen LogP contribution in [0.5, 0.6) is 0 Å². The summed E-state index contributed by atoms with van der Waals surface area (Å²) in [4.78, 5) is 12.1. The monoisotopic (exact) mass is 355 g/mol. The van der Waals surface area contributed by atoms with E-state index in [1.165, 1.54) is 22.3 Å². The maximum atomic E-state index is 12.1. The number of hydrogen-bond donors (Lipinski definition) is 1. The first kappa shape index (κ1) is 17.1. The molecule has 0 unspecified atom stereocenters. The highest BCUT2D eigenvalue weighted by molar-refractivity contribution is 5.79. The van der Waals surface area contributed by atoms with Crippen molar-refractivity contribution < 1.29 is 9.53 Å². The Morgan fingerprint density at radius 2 is 1.44 bits per heavy atom. The Morgan fingerprint density at radius 3 is 2.11 bits per heavy atom. The quantitative estimate of drug-likeness (QED) is 0.680. The minimum absolute atomic E-state index is 0.0861. The number of carbonyl (C=O) groups is 1. The summed E-state index contributed by atoms with van der Waals surface area (Å²) < 4.78 is 5.51. The van der Waals surface area contributed by atoms with E-state index in [0.717, 1.165) is 5.56 Å². The number of rotatable bonds is 5. The Morgan fingerprint density at radius 1 is 0.852 bits per heavy atom. The maximum absolute atomic E-state index is 12.1. The van der Waals surface area contributed by atoms with Crippen LogP contribution in [0, 0.1) is 0 Å². The van der Waals surface area contributed by atoms with Crippen LogP contribution in [0.3, 0.4) is 0 Å². The van der Waals surface area contributed by atoms with Crippen LogP contribution in [-0.4, -0.2) is 19.2 Å². The first-order chi connectivity index (χ1) is 13.3. The molecule has 4 rings (SSSR count). The predicted octanol–water partition coefficient (Wildman–Crippen LogP) is 5.24. The largest absolute Gasteiger partial charge is 0.449 e. The van der Waals surface area contributed by atoms with Gasteiger partial charge in [0.25, 0.3) is 0 Å². The molecule has 0 bridgehead atoms. The lowest BCUT2D eigenvalue weighted by molar-refractivity contribution is 0.144. The Kier molecular flexibility index (Phi) is 5.01. The molecule has 3 aromatic rings. The van der Waals surface area contributed by atoms with E-state index >= 15 is 0 Å². The zero-order chi connectivity index (χ0) is 18.5. The van der Waals surface area contributed by atoms with Crippen LogP contribution < -0.4 is 5.32 Å². The van der Waals surface area contributed by atoms with E-state index in [0.29, 0.717) is 13.2 Å². The molecule has 1 amide bonds. The lowest BCUT2D eigenvalue weighted by Crippen LogP contribution is -2.26. The van der Waals surface area contributed by atoms with Crippen molar-refractivity contribution in [3.8, 4) is 11.1 Å². The van der Waals surface area contributed by atoms with E-state index in [-0.39, 0.29) is 5.92 Å². The van der Waals surface area contributed by atoms with Gasteiger partial charge in [-0.2, -0.15) is 0 Å². The fourth-order valence-corrected chi connectivity index (χ4v) is 3.55. The summed E-state index contributed by atoms with van der Waals surface area (Å²) in [6.45, 7) is 0.772. The fourth-order valence-electron chi connectivity index (χ4n) is 3.55. The first-order valence-corrected chi connectivity index (χ1v) is 9.13. The minimum atomic E-state index is -0.394. The van der Waals surface area contributed by atoms with E-state index in [1.807, 2.05) is 66.7 Å². The standard InChI is InChI=1S/C24H21NO2/c26-24(25-16-8-11-18-9-2-1-3-10-18)27-17-23-21-14-6-4-12-19(21)20-13-5-7-15-22(20)23/h1-15,23H,16-17H2,(H,25,26). The van der Waals surface area contributed by atoms with E-state index in [4.69, 9.17) is 4.74 Å². The third kappa shape index (κ3) is 3.77. The topological polar surface area (TPSA) is 38.3 Å². The van der Waals surface area contributed by atoms with Crippen LogP contribution >= 0.6 is 0 Å². The fraction of sp³-hybridized carbons (Fsp3) is 0.125. The number of alkyl carbamates (subject to hydrolysis) is 1. The molecule has 0 atom stereocenters. The first-order valence-electron chi connectivity index (χ1n) is 9.13. The lowest BCUT2D eigenvalue weighted by Gasteiger charge is -2.14. The van der Waals surface area contributed by atoms with E-state index in [9.17, 15) is 4.79 Å². The molecule has 0 saturated heterocycles. The van der Waals surface area contributed by atoms with Gasteiger partial charge in [-0.15, -0.1) is 0 Å². The number of nitrogens with one attached hydrogen (secondary N) is 1. The van der Waals surface area contributed by atoms with Gasteiger partial charge in [0.05, 0.1) is 0 Å². The number of fused-ring (bicyclic) bond motifs is 3. The van der Waals surface area contributed by atoms with Crippen LogP contribution in [0.1, 0.15) is 22.6 Å². The van der Waals surface area contributed by atoms with Gasteiger partial charge in [-0.05, 0) is 27.8 Å². The lowest BCUT2D eigenvalue weighted by atomic mass is 9.98. The molecule has 0 radical (unpaired) electrons. The van der Waals surface area contributed by atoms with Gasteiger partial charge < -0.3 is 10.1 Å². The molecule has 1 aliphatic carbocycles. The summed E-state index contributed by atoms with van der Waals surface area (Å²) in [6.07, 6.45) is 3.50. The average molecular weight is 355 g/mol. The second-order valence-electron chi connectivity index (χ2n) is 6.52. The minimum Gasteiger partial charge on any atom is -0.449 e. The number of amides is 1. The van der Waals surface area contributed by atoms with Gasteiger partial charge in [-0.3, -0.25) is 0 Å². The van der Waals surface area contributed by atoms with Crippen LogP contribution in [0.25, 0.3) is 17.2 Å². The molecule has 1 aliphatic rings. The summed E-state index contributed by atoms with van der Waals surface area (Å²) in [7, 11) is 0. The Hall–Kier alpha value is -3.33. The summed E-state index contributed by atoms with van der Waals surface area (Å²) in [5.74, 6) is 0.0861. The van der Waals surface area contributed by atoms with Crippen molar-refractivity contribution in [3.05, 3.63) is 102 Å². The highest BCUT2D eigenvalue weighted by Crippen LogP contribution is 2.44. The molecule has 0 spiro atoms. The van der Waals surface area contributed by atoms with Gasteiger partial charge in [0.15, 0.2) is 0 Å². The Balaban J connectivity index is 1.35. The van der Waals surface area contributed by atoms with Crippen molar-refractivity contribution in [2.24, 2.45) is 0 Å². The van der Waals surface area contributed by atoms with Crippen LogP contribution in [0.4, 0.5) is 4.79 Å². The molecule has 0 aliphatic heterocycles. The highest BCUT2D eigenvalue weighted by atomic mass is 16.5. The van der Waals surface area contributed by atoms with Gasteiger partial charge >= 0.3 is 6.09 Å². The second-order valence-corrected chi connectivity index (χ2v) is 6.52. The average Bonchev–Trinajstić information content (AvgIpc) is 3.04. The van der Waals surface area contributed by atoms with Crippen molar-refractivity contribution in [2.45, 2.75) is 5.92 Å². The Bertz CT molecular complexity index is 917. The zero-order valence-electron chi connectivity index (χ0n) is 15.0. The molecule has 134 valence electrons. The van der Waals surface area contributed by atoms with Gasteiger partial charge in [0, 0.05) is 12.5 Å². The van der Waals surface area contributed by atoms with Crippen molar-refractivity contribution in [1.29, 1.82) is 0 Å². The number of carbonyl (C=O) groups excluding carboxylic acids is 1. The smallest absolute Gasteiger partial charge is 0.407 e. The molecule has 3 aromatic carbocycles. The maximum Gasteiger partial charge on any atom is 0.407 e. The summed E-state index contributed by atoms with van der Waals surface area (Å²) in [5.41, 5.74) is 6.00. The molecule has 0 aromatic heterocycles. The van der Waals surface area contributed by atoms with E-state index in [1.54, 1.807) is 0 Å². The normalized spacial score (nSPS) is 12.6. The second kappa shape index (κ2) is 7.92. The number of ether oxygens (including phenoxy) is 1. The molecule has 3 nitrogen and oxygen atoms in total. The van der Waals surface area contributed by atoms with Crippen molar-refractivity contribution >= 4 is 12.2 Å². The van der Waals surface area contributed by atoms with E-state index in [2.05, 4.69) is 29.6 Å². The molecule has 3 heteroatoms. The van der Waals surface area contributed by atoms with Gasteiger partial charge in [-0.25, -0.2) is 4.79 Å². The third-order valence-electron chi connectivity index (χ3n) is 4.82. The van der Waals surface area contributed by atoms with Gasteiger partial charge in [-0.1, -0.05) is 91.0 Å². The van der Waals surface area contributed by atoms with E-state index < -0.39 is 6.09 Å². The van der Waals surface area contributed by atoms with Crippen molar-refractivity contribution in [3.63, 3.8) is 0 Å². The molecule has 27 heavy (non-hydrogen) atoms. The van der Waals surface area contributed by atoms with Crippen molar-refractivity contribution in [2.75, 3.05) is 13.2 Å². The molecule has 1 N–H and O–H groups in total. The zero-order valence-corrected chi connectivity index (χ0v) is 15.0. The summed E-state index contributed by atoms with van der Waals surface area (Å²) in [5, 5.41) is 2.78. The molecule has 0 heterocycles. The van der Waals surface area contributed by atoms with Crippen LogP contribution in [0.15, 0.2) is 84.9 Å². The third-order valence-corrected chi connectivity index (χ3v) is 4.82.